The molecule has 5 heteroatoms. The third-order valence-electron chi connectivity index (χ3n) is 2.54. The van der Waals surface area contributed by atoms with Gasteiger partial charge in [-0.3, -0.25) is 0 Å². The number of hydrogen-bond donors (Lipinski definition) is 0. The third kappa shape index (κ3) is 3.99. The first kappa shape index (κ1) is 14.4. The molecule has 0 saturated carbocycles. The average Bonchev–Trinajstić information content (AvgIpc) is 2.96. The molecular formula is C15H13BrO4. The van der Waals surface area contributed by atoms with Crippen LogP contribution in [0.25, 0.3) is 6.08 Å². The molecule has 20 heavy (non-hydrogen) atoms. The molecule has 1 heterocycles. The number of carbonyl (C=O) groups is 1. The van der Waals surface area contributed by atoms with Crippen LogP contribution in [0, 0.1) is 0 Å². The molecule has 0 saturated heterocycles. The van der Waals surface area contributed by atoms with E-state index in [4.69, 9.17) is 13.9 Å². The summed E-state index contributed by atoms with van der Waals surface area (Å²) in [6.45, 7) is 0.143. The molecular weight excluding hydrogens is 324 g/mol. The van der Waals surface area contributed by atoms with Gasteiger partial charge in [0.05, 0.1) is 13.4 Å². The lowest BCUT2D eigenvalue weighted by molar-refractivity contribution is -0.138. The number of rotatable bonds is 5. The van der Waals surface area contributed by atoms with Gasteiger partial charge in [0.2, 0.25) is 0 Å². The van der Waals surface area contributed by atoms with Gasteiger partial charge in [-0.25, -0.2) is 4.79 Å². The van der Waals surface area contributed by atoms with E-state index in [-0.39, 0.29) is 6.61 Å². The van der Waals surface area contributed by atoms with E-state index in [0.29, 0.717) is 11.5 Å². The molecule has 2 rings (SSSR count). The van der Waals surface area contributed by atoms with Crippen LogP contribution >= 0.6 is 15.9 Å². The van der Waals surface area contributed by atoms with Gasteiger partial charge in [-0.05, 0) is 36.4 Å². The summed E-state index contributed by atoms with van der Waals surface area (Å²) in [6, 6.07) is 9.02. The lowest BCUT2D eigenvalue weighted by atomic mass is 10.2. The Bertz CT molecular complexity index is 602. The summed E-state index contributed by atoms with van der Waals surface area (Å²) in [6.07, 6.45) is 4.42. The van der Waals surface area contributed by atoms with Gasteiger partial charge in [-0.2, -0.15) is 0 Å². The Labute approximate surface area is 125 Å². The molecule has 0 aliphatic heterocycles. The molecule has 0 spiro atoms. The van der Waals surface area contributed by atoms with Crippen molar-refractivity contribution in [2.24, 2.45) is 0 Å². The highest BCUT2D eigenvalue weighted by Crippen LogP contribution is 2.23. The number of ether oxygens (including phenoxy) is 2. The number of furan rings is 1. The molecule has 0 aliphatic rings. The minimum Gasteiger partial charge on any atom is -0.496 e. The maximum atomic E-state index is 11.6. The topological polar surface area (TPSA) is 48.7 Å². The van der Waals surface area contributed by atoms with Gasteiger partial charge in [0, 0.05) is 16.1 Å². The average molecular weight is 337 g/mol. The smallest absolute Gasteiger partial charge is 0.331 e. The summed E-state index contributed by atoms with van der Waals surface area (Å²) in [4.78, 5) is 11.6. The number of carbonyl (C=O) groups excluding carboxylic acids is 1. The van der Waals surface area contributed by atoms with Crippen molar-refractivity contribution in [1.82, 2.24) is 0 Å². The van der Waals surface area contributed by atoms with Crippen LogP contribution < -0.4 is 4.74 Å². The molecule has 0 N–H and O–H groups in total. The fraction of sp³-hybridized carbons (Fsp3) is 0.133. The Balaban J connectivity index is 1.95. The van der Waals surface area contributed by atoms with Crippen LogP contribution in [0.2, 0.25) is 0 Å². The summed E-state index contributed by atoms with van der Waals surface area (Å²) >= 11 is 3.37. The first-order chi connectivity index (χ1) is 9.69. The molecule has 2 aromatic rings. The predicted octanol–water partition coefficient (Wildman–Crippen LogP) is 3.81. The van der Waals surface area contributed by atoms with Crippen LogP contribution in [0.4, 0.5) is 0 Å². The lowest BCUT2D eigenvalue weighted by Crippen LogP contribution is -2.02. The quantitative estimate of drug-likeness (QED) is 0.615. The molecule has 0 atom stereocenters. The zero-order chi connectivity index (χ0) is 14.4. The number of methoxy groups -OCH3 is 1. The van der Waals surface area contributed by atoms with E-state index in [1.165, 1.54) is 12.3 Å². The summed E-state index contributed by atoms with van der Waals surface area (Å²) < 4.78 is 16.3. The first-order valence-electron chi connectivity index (χ1n) is 5.90. The van der Waals surface area contributed by atoms with E-state index in [1.807, 2.05) is 18.2 Å². The van der Waals surface area contributed by atoms with Crippen molar-refractivity contribution in [2.75, 3.05) is 7.11 Å². The summed E-state index contributed by atoms with van der Waals surface area (Å²) in [5.74, 6) is 0.835. The highest BCUT2D eigenvalue weighted by Gasteiger charge is 2.06. The minimum atomic E-state index is -0.441. The van der Waals surface area contributed by atoms with Gasteiger partial charge in [0.1, 0.15) is 18.1 Å². The summed E-state index contributed by atoms with van der Waals surface area (Å²) in [5.41, 5.74) is 0.793. The lowest BCUT2D eigenvalue weighted by Gasteiger charge is -2.08. The molecule has 104 valence electrons. The Kier molecular flexibility index (Phi) is 5.01. The third-order valence-corrected chi connectivity index (χ3v) is 3.03. The highest BCUT2D eigenvalue weighted by molar-refractivity contribution is 9.10. The first-order valence-corrected chi connectivity index (χ1v) is 6.69. The van der Waals surface area contributed by atoms with Crippen LogP contribution in [0.1, 0.15) is 11.3 Å². The summed E-state index contributed by atoms with van der Waals surface area (Å²) in [5, 5.41) is 0. The predicted molar refractivity (Wildman–Crippen MR) is 78.2 cm³/mol. The van der Waals surface area contributed by atoms with Crippen molar-refractivity contribution >= 4 is 28.0 Å². The van der Waals surface area contributed by atoms with Gasteiger partial charge in [-0.1, -0.05) is 15.9 Å². The largest absolute Gasteiger partial charge is 0.496 e. The molecule has 1 aromatic carbocycles. The van der Waals surface area contributed by atoms with Crippen molar-refractivity contribution in [3.05, 3.63) is 58.5 Å². The second-order valence-electron chi connectivity index (χ2n) is 3.91. The van der Waals surface area contributed by atoms with Crippen molar-refractivity contribution in [2.45, 2.75) is 6.61 Å². The summed E-state index contributed by atoms with van der Waals surface area (Å²) in [7, 11) is 1.57. The van der Waals surface area contributed by atoms with Crippen molar-refractivity contribution in [3.8, 4) is 5.75 Å². The number of hydrogen-bond acceptors (Lipinski definition) is 4. The van der Waals surface area contributed by atoms with E-state index < -0.39 is 5.97 Å². The molecule has 0 fully saturated rings. The van der Waals surface area contributed by atoms with Gasteiger partial charge in [0.15, 0.2) is 0 Å². The highest BCUT2D eigenvalue weighted by atomic mass is 79.9. The maximum absolute atomic E-state index is 11.6. The second-order valence-corrected chi connectivity index (χ2v) is 4.83. The molecule has 0 amide bonds. The Morgan fingerprint density at radius 2 is 2.25 bits per heavy atom. The van der Waals surface area contributed by atoms with Crippen LogP contribution in [0.15, 0.2) is 51.6 Å². The van der Waals surface area contributed by atoms with Gasteiger partial charge < -0.3 is 13.9 Å². The Morgan fingerprint density at radius 3 is 2.95 bits per heavy atom. The number of halogens is 1. The second kappa shape index (κ2) is 6.96. The van der Waals surface area contributed by atoms with Crippen LogP contribution in [-0.2, 0) is 16.1 Å². The van der Waals surface area contributed by atoms with Gasteiger partial charge in [0.25, 0.3) is 0 Å². The van der Waals surface area contributed by atoms with E-state index in [9.17, 15) is 4.79 Å². The van der Waals surface area contributed by atoms with Crippen molar-refractivity contribution < 1.29 is 18.7 Å². The normalized spacial score (nSPS) is 10.7. The molecule has 1 aromatic heterocycles. The molecule has 0 bridgehead atoms. The van der Waals surface area contributed by atoms with Crippen LogP contribution in [-0.4, -0.2) is 13.1 Å². The van der Waals surface area contributed by atoms with Crippen LogP contribution in [0.3, 0.4) is 0 Å². The fourth-order valence-electron chi connectivity index (χ4n) is 1.59. The fourth-order valence-corrected chi connectivity index (χ4v) is 2.00. The molecule has 4 nitrogen and oxygen atoms in total. The number of esters is 1. The number of benzene rings is 1. The standard InChI is InChI=1S/C15H13BrO4/c1-18-14-6-4-12(16)9-11(14)10-20-15(17)7-5-13-3-2-8-19-13/h2-9H,10H2,1H3/b7-5+. The molecule has 0 radical (unpaired) electrons. The molecule has 0 unspecified atom stereocenters. The van der Waals surface area contributed by atoms with Crippen molar-refractivity contribution in [1.29, 1.82) is 0 Å². The minimum absolute atomic E-state index is 0.143. The monoisotopic (exact) mass is 336 g/mol. The van der Waals surface area contributed by atoms with E-state index in [2.05, 4.69) is 15.9 Å². The van der Waals surface area contributed by atoms with E-state index in [0.717, 1.165) is 10.0 Å². The van der Waals surface area contributed by atoms with Gasteiger partial charge in [-0.15, -0.1) is 0 Å². The Hall–Kier alpha value is -2.01. The van der Waals surface area contributed by atoms with Gasteiger partial charge >= 0.3 is 5.97 Å². The molecule has 0 aliphatic carbocycles. The van der Waals surface area contributed by atoms with E-state index >= 15 is 0 Å². The Morgan fingerprint density at radius 1 is 1.40 bits per heavy atom. The SMILES string of the molecule is COc1ccc(Br)cc1COC(=O)/C=C/c1ccco1. The van der Waals surface area contributed by atoms with Crippen molar-refractivity contribution in [3.63, 3.8) is 0 Å². The zero-order valence-electron chi connectivity index (χ0n) is 10.8. The van der Waals surface area contributed by atoms with E-state index in [1.54, 1.807) is 25.3 Å². The maximum Gasteiger partial charge on any atom is 0.331 e. The zero-order valence-corrected chi connectivity index (χ0v) is 12.4. The van der Waals surface area contributed by atoms with Crippen LogP contribution in [0.5, 0.6) is 5.75 Å².